The molecule has 2 amide bonds. The molecule has 0 saturated heterocycles. The molecule has 0 atom stereocenters. The molecule has 3 aromatic carbocycles. The number of urea groups is 1. The van der Waals surface area contributed by atoms with Crippen molar-refractivity contribution in [1.29, 1.82) is 0 Å². The van der Waals surface area contributed by atoms with Crippen molar-refractivity contribution in [3.05, 3.63) is 42.5 Å². The third kappa shape index (κ3) is 8.15. The Bertz CT molecular complexity index is 1750. The van der Waals surface area contributed by atoms with E-state index in [4.69, 9.17) is 11.5 Å². The maximum absolute atomic E-state index is 11.9. The Hall–Kier alpha value is -1.68. The zero-order chi connectivity index (χ0) is 26.3. The smallest absolute Gasteiger partial charge is 0.744 e. The fourth-order valence-electron chi connectivity index (χ4n) is 2.94. The molecule has 6 N–H and O–H groups in total. The second-order valence-corrected chi connectivity index (χ2v) is 10.9. The summed E-state index contributed by atoms with van der Waals surface area (Å²) in [6, 6.07) is 5.13. The molecule has 0 bridgehead atoms. The number of carbonyl (C=O) groups is 1. The van der Waals surface area contributed by atoms with Crippen LogP contribution < -0.4 is 75.9 Å². The van der Waals surface area contributed by atoms with Crippen LogP contribution in [0.25, 0.3) is 10.8 Å². The maximum atomic E-state index is 11.9. The average Bonchev–Trinajstić information content (AvgIpc) is 2.69. The first-order valence-electron chi connectivity index (χ1n) is 8.85. The van der Waals surface area contributed by atoms with E-state index in [2.05, 4.69) is 15.5 Å². The second-order valence-electron chi connectivity index (χ2n) is 6.81. The van der Waals surface area contributed by atoms with Crippen LogP contribution in [0.5, 0.6) is 0 Å². The molecule has 0 radical (unpaired) electrons. The van der Waals surface area contributed by atoms with Crippen LogP contribution in [0.2, 0.25) is 0 Å². The van der Waals surface area contributed by atoms with E-state index in [9.17, 15) is 43.7 Å². The van der Waals surface area contributed by atoms with Gasteiger partial charge in [-0.1, -0.05) is 0 Å². The van der Waals surface area contributed by atoms with E-state index in [-0.39, 0.29) is 76.2 Å². The van der Waals surface area contributed by atoms with Gasteiger partial charge in [-0.15, -0.1) is 10.2 Å². The number of hydrogen-bond donors (Lipinski definition) is 4. The number of nitrogen functional groups attached to an aromatic ring is 1. The Morgan fingerprint density at radius 2 is 1.43 bits per heavy atom. The number of fused-ring (bicyclic) bond motifs is 1. The molecule has 0 saturated carbocycles. The second kappa shape index (κ2) is 12.0. The first kappa shape index (κ1) is 33.3. The van der Waals surface area contributed by atoms with Gasteiger partial charge in [-0.05, 0) is 47.9 Å². The Morgan fingerprint density at radius 1 is 0.838 bits per heavy atom. The molecule has 37 heavy (non-hydrogen) atoms. The van der Waals surface area contributed by atoms with E-state index in [0.717, 1.165) is 6.07 Å². The third-order valence-electron chi connectivity index (χ3n) is 4.35. The summed E-state index contributed by atoms with van der Waals surface area (Å²) < 4.78 is 103. The molecule has 3 rings (SSSR count). The summed E-state index contributed by atoms with van der Waals surface area (Å²) in [5.41, 5.74) is 10.1. The topological polar surface area (TPSA) is 275 Å². The normalized spacial score (nSPS) is 12.1. The van der Waals surface area contributed by atoms with Crippen molar-refractivity contribution in [3.8, 4) is 0 Å². The van der Waals surface area contributed by atoms with Gasteiger partial charge in [0.1, 0.15) is 36.5 Å². The van der Waals surface area contributed by atoms with Crippen LogP contribution in [-0.2, 0) is 30.4 Å². The summed E-state index contributed by atoms with van der Waals surface area (Å²) in [4.78, 5) is 7.95. The average molecular weight is 589 g/mol. The molecule has 20 heteroatoms. The summed E-state index contributed by atoms with van der Waals surface area (Å²) in [5.74, 6) is 0. The standard InChI is InChI=1S/C17H15N5O10S3.2Na/c18-9-1-2-12(13(5-9)20-17(19)23)21-22-14-7-11-8(4-16(14)35(30,31)32)3-10(33(24,25)26)6-15(11)34(27,28)29;;/h1-7H,18H2,(H3,19,20,23)(H,24,25,26)(H,27,28,29)(H,30,31,32);;/q;2*+1/p-2. The summed E-state index contributed by atoms with van der Waals surface area (Å²) in [6.45, 7) is 0. The fourth-order valence-corrected chi connectivity index (χ4v) is 4.90. The number of anilines is 2. The van der Waals surface area contributed by atoms with E-state index in [0.29, 0.717) is 18.2 Å². The fraction of sp³-hybridized carbons (Fsp3) is 0. The number of nitrogens with one attached hydrogen (secondary N) is 1. The van der Waals surface area contributed by atoms with Gasteiger partial charge in [0.15, 0.2) is 0 Å². The molecule has 0 spiro atoms. The van der Waals surface area contributed by atoms with Crippen molar-refractivity contribution in [1.82, 2.24) is 0 Å². The number of primary amides is 1. The van der Waals surface area contributed by atoms with Crippen LogP contribution in [0.4, 0.5) is 27.5 Å². The molecule has 0 aliphatic rings. The van der Waals surface area contributed by atoms with Gasteiger partial charge >= 0.3 is 65.1 Å². The first-order valence-corrected chi connectivity index (χ1v) is 13.1. The van der Waals surface area contributed by atoms with E-state index < -0.39 is 67.5 Å². The number of nitrogens with two attached hydrogens (primary N) is 2. The monoisotopic (exact) mass is 589 g/mol. The largest absolute Gasteiger partial charge is 1.00 e. The van der Waals surface area contributed by atoms with Crippen LogP contribution in [-0.4, -0.2) is 44.9 Å². The van der Waals surface area contributed by atoms with Crippen molar-refractivity contribution in [2.75, 3.05) is 11.1 Å². The quantitative estimate of drug-likeness (QED) is 0.0918. The predicted octanol–water partition coefficient (Wildman–Crippen LogP) is -4.61. The van der Waals surface area contributed by atoms with Gasteiger partial charge in [0.25, 0.3) is 10.1 Å². The summed E-state index contributed by atoms with van der Waals surface area (Å²) >= 11 is 0. The van der Waals surface area contributed by atoms with E-state index >= 15 is 0 Å². The third-order valence-corrected chi connectivity index (χ3v) is 6.92. The van der Waals surface area contributed by atoms with Gasteiger partial charge in [0.2, 0.25) is 0 Å². The zero-order valence-corrected chi connectivity index (χ0v) is 25.4. The van der Waals surface area contributed by atoms with E-state index in [1.165, 1.54) is 18.2 Å². The number of nitrogens with zero attached hydrogens (tertiary/aromatic N) is 2. The molecule has 186 valence electrons. The molecular weight excluding hydrogens is 576 g/mol. The first-order chi connectivity index (χ1) is 16.0. The Labute approximate surface area is 254 Å². The van der Waals surface area contributed by atoms with Gasteiger partial charge in [0.05, 0.1) is 15.5 Å². The summed E-state index contributed by atoms with van der Waals surface area (Å²) in [7, 11) is -15.7. The zero-order valence-electron chi connectivity index (χ0n) is 18.9. The van der Waals surface area contributed by atoms with Gasteiger partial charge in [-0.25, -0.2) is 21.6 Å². The molecule has 0 aliphatic heterocycles. The van der Waals surface area contributed by atoms with Crippen LogP contribution in [0.15, 0.2) is 67.4 Å². The minimum Gasteiger partial charge on any atom is -0.744 e. The Morgan fingerprint density at radius 3 is 1.95 bits per heavy atom. The Balaban J connectivity index is 0.00000342. The molecule has 0 unspecified atom stereocenters. The van der Waals surface area contributed by atoms with E-state index in [1.807, 2.05) is 0 Å². The number of hydrogen-bond acceptors (Lipinski definition) is 12. The minimum absolute atomic E-state index is 0. The van der Waals surface area contributed by atoms with Crippen molar-refractivity contribution in [2.45, 2.75) is 14.7 Å². The Kier molecular flexibility index (Phi) is 10.8. The van der Waals surface area contributed by atoms with Crippen LogP contribution in [0, 0.1) is 0 Å². The predicted molar refractivity (Wildman–Crippen MR) is 118 cm³/mol. The van der Waals surface area contributed by atoms with Gasteiger partial charge in [-0.3, -0.25) is 4.55 Å². The number of azo groups is 1. The minimum atomic E-state index is -5.38. The van der Waals surface area contributed by atoms with E-state index in [1.54, 1.807) is 0 Å². The van der Waals surface area contributed by atoms with Crippen LogP contribution >= 0.6 is 0 Å². The molecule has 0 aromatic heterocycles. The van der Waals surface area contributed by atoms with Crippen LogP contribution in [0.3, 0.4) is 0 Å². The number of amides is 2. The SMILES string of the molecule is NC(=O)Nc1cc(N)ccc1N=Nc1cc2c(S(=O)(=O)[O-])cc(S(=O)(=O)[O-])cc2cc1S(=O)(=O)O.[Na+].[Na+]. The number of carbonyl (C=O) groups excluding carboxylic acids is 1. The van der Waals surface area contributed by atoms with Crippen molar-refractivity contribution >= 4 is 69.9 Å². The molecule has 0 heterocycles. The van der Waals surface area contributed by atoms with Crippen molar-refractivity contribution in [3.63, 3.8) is 0 Å². The molecular formula is C17H13N5Na2O10S3. The molecule has 3 aromatic rings. The summed E-state index contributed by atoms with van der Waals surface area (Å²) in [5, 5.41) is 8.61. The number of rotatable bonds is 6. The van der Waals surface area contributed by atoms with Gasteiger partial charge in [0, 0.05) is 11.1 Å². The van der Waals surface area contributed by atoms with Crippen molar-refractivity contribution < 1.29 is 103 Å². The van der Waals surface area contributed by atoms with Gasteiger partial charge < -0.3 is 25.9 Å². The molecule has 0 aliphatic carbocycles. The molecule has 0 fully saturated rings. The van der Waals surface area contributed by atoms with Crippen molar-refractivity contribution in [2.24, 2.45) is 16.0 Å². The van der Waals surface area contributed by atoms with Gasteiger partial charge in [-0.2, -0.15) is 8.42 Å². The maximum Gasteiger partial charge on any atom is 1.00 e. The summed E-state index contributed by atoms with van der Waals surface area (Å²) in [6.07, 6.45) is 0. The van der Waals surface area contributed by atoms with Crippen LogP contribution in [0.1, 0.15) is 0 Å². The molecule has 15 nitrogen and oxygen atoms in total. The number of benzene rings is 3.